The molecular formula is C10H10O2. The van der Waals surface area contributed by atoms with Crippen LogP contribution in [0.5, 0.6) is 0 Å². The predicted octanol–water partition coefficient (Wildman–Crippen LogP) is 1.74. The summed E-state index contributed by atoms with van der Waals surface area (Å²) in [7, 11) is 0. The Hall–Kier alpha value is -1.31. The number of hydrogen-bond donors (Lipinski definition) is 0. The van der Waals surface area contributed by atoms with Crippen LogP contribution in [-0.2, 0) is 9.53 Å². The van der Waals surface area contributed by atoms with Gasteiger partial charge >= 0.3 is 0 Å². The Morgan fingerprint density at radius 3 is 3.17 bits per heavy atom. The van der Waals surface area contributed by atoms with Gasteiger partial charge in [0.15, 0.2) is 6.10 Å². The third-order valence-corrected chi connectivity index (χ3v) is 2.07. The van der Waals surface area contributed by atoms with Crippen molar-refractivity contribution in [2.24, 2.45) is 0 Å². The molecule has 2 aliphatic rings. The van der Waals surface area contributed by atoms with Gasteiger partial charge in [0.05, 0.1) is 5.57 Å². The molecule has 1 aliphatic carbocycles. The van der Waals surface area contributed by atoms with Crippen molar-refractivity contribution in [3.63, 3.8) is 0 Å². The molecule has 0 saturated carbocycles. The summed E-state index contributed by atoms with van der Waals surface area (Å²) in [4.78, 5) is 11.4. The van der Waals surface area contributed by atoms with Crippen molar-refractivity contribution in [1.82, 2.24) is 0 Å². The Morgan fingerprint density at radius 1 is 1.50 bits per heavy atom. The molecule has 12 heavy (non-hydrogen) atoms. The average molecular weight is 162 g/mol. The minimum Gasteiger partial charge on any atom is -0.486 e. The first kappa shape index (κ1) is 7.35. The van der Waals surface area contributed by atoms with Crippen LogP contribution in [0.3, 0.4) is 0 Å². The third kappa shape index (κ3) is 0.998. The molecule has 0 N–H and O–H groups in total. The summed E-state index contributed by atoms with van der Waals surface area (Å²) in [6, 6.07) is 0. The average Bonchev–Trinajstić information content (AvgIpc) is 2.30. The Kier molecular flexibility index (Phi) is 1.61. The molecular weight excluding hydrogens is 152 g/mol. The number of rotatable bonds is 0. The van der Waals surface area contributed by atoms with Gasteiger partial charge in [-0.25, -0.2) is 0 Å². The second-order valence-electron chi connectivity index (χ2n) is 2.95. The third-order valence-electron chi connectivity index (χ3n) is 2.07. The second-order valence-corrected chi connectivity index (χ2v) is 2.95. The SMILES string of the molecule is CC1OC2=C(C=CC=CC2)C1=O. The van der Waals surface area contributed by atoms with Crippen LogP contribution in [0.1, 0.15) is 13.3 Å². The van der Waals surface area contributed by atoms with Crippen molar-refractivity contribution in [2.45, 2.75) is 19.4 Å². The molecule has 0 saturated heterocycles. The fraction of sp³-hybridized carbons (Fsp3) is 0.300. The zero-order valence-electron chi connectivity index (χ0n) is 6.91. The van der Waals surface area contributed by atoms with Gasteiger partial charge in [-0.15, -0.1) is 0 Å². The van der Waals surface area contributed by atoms with E-state index in [0.717, 1.165) is 17.8 Å². The first-order valence-corrected chi connectivity index (χ1v) is 4.06. The number of ketones is 1. The van der Waals surface area contributed by atoms with Crippen LogP contribution in [0, 0.1) is 0 Å². The summed E-state index contributed by atoms with van der Waals surface area (Å²) >= 11 is 0. The molecule has 2 heteroatoms. The van der Waals surface area contributed by atoms with E-state index >= 15 is 0 Å². The number of allylic oxidation sites excluding steroid dienone is 4. The van der Waals surface area contributed by atoms with Crippen molar-refractivity contribution < 1.29 is 9.53 Å². The molecule has 0 amide bonds. The topological polar surface area (TPSA) is 26.3 Å². The fourth-order valence-corrected chi connectivity index (χ4v) is 1.43. The highest BCUT2D eigenvalue weighted by atomic mass is 16.5. The summed E-state index contributed by atoms with van der Waals surface area (Å²) in [5.74, 6) is 0.919. The van der Waals surface area contributed by atoms with E-state index < -0.39 is 0 Å². The maximum atomic E-state index is 11.4. The van der Waals surface area contributed by atoms with Crippen LogP contribution in [0.4, 0.5) is 0 Å². The molecule has 0 aromatic rings. The van der Waals surface area contributed by atoms with Gasteiger partial charge in [-0.1, -0.05) is 18.2 Å². The van der Waals surface area contributed by atoms with Gasteiger partial charge in [0.25, 0.3) is 0 Å². The van der Waals surface area contributed by atoms with E-state index in [4.69, 9.17) is 4.74 Å². The summed E-state index contributed by atoms with van der Waals surface area (Å²) in [6.07, 6.45) is 8.07. The normalized spacial score (nSPS) is 27.1. The van der Waals surface area contributed by atoms with Crippen molar-refractivity contribution >= 4 is 5.78 Å². The zero-order chi connectivity index (χ0) is 8.55. The summed E-state index contributed by atoms with van der Waals surface area (Å²) in [5.41, 5.74) is 0.743. The lowest BCUT2D eigenvalue weighted by molar-refractivity contribution is -0.120. The van der Waals surface area contributed by atoms with E-state index in [1.807, 2.05) is 24.3 Å². The van der Waals surface area contributed by atoms with Crippen molar-refractivity contribution in [3.05, 3.63) is 35.6 Å². The van der Waals surface area contributed by atoms with E-state index in [1.54, 1.807) is 6.92 Å². The second kappa shape index (κ2) is 2.63. The first-order valence-electron chi connectivity index (χ1n) is 4.06. The predicted molar refractivity (Wildman–Crippen MR) is 45.5 cm³/mol. The van der Waals surface area contributed by atoms with Crippen LogP contribution in [0.2, 0.25) is 0 Å². The van der Waals surface area contributed by atoms with Gasteiger partial charge in [0.1, 0.15) is 5.76 Å². The zero-order valence-corrected chi connectivity index (χ0v) is 6.91. The quantitative estimate of drug-likeness (QED) is 0.542. The van der Waals surface area contributed by atoms with Gasteiger partial charge in [0, 0.05) is 6.42 Å². The van der Waals surface area contributed by atoms with Gasteiger partial charge in [0.2, 0.25) is 5.78 Å². The molecule has 2 nitrogen and oxygen atoms in total. The van der Waals surface area contributed by atoms with Crippen LogP contribution in [-0.4, -0.2) is 11.9 Å². The molecule has 1 unspecified atom stereocenters. The summed E-state index contributed by atoms with van der Waals surface area (Å²) < 4.78 is 5.39. The lowest BCUT2D eigenvalue weighted by Crippen LogP contribution is -2.12. The van der Waals surface area contributed by atoms with Crippen LogP contribution >= 0.6 is 0 Å². The molecule has 1 atom stereocenters. The number of ether oxygens (including phenoxy) is 1. The molecule has 0 spiro atoms. The van der Waals surface area contributed by atoms with Crippen molar-refractivity contribution in [2.75, 3.05) is 0 Å². The van der Waals surface area contributed by atoms with Crippen molar-refractivity contribution in [3.8, 4) is 0 Å². The standard InChI is InChI=1S/C10H10O2/c1-7-10(11)8-5-3-2-4-6-9(8)12-7/h2-5,7H,6H2,1H3. The minimum absolute atomic E-state index is 0.102. The monoisotopic (exact) mass is 162 g/mol. The lowest BCUT2D eigenvalue weighted by atomic mass is 10.1. The first-order chi connectivity index (χ1) is 5.79. The Morgan fingerprint density at radius 2 is 2.33 bits per heavy atom. The fourth-order valence-electron chi connectivity index (χ4n) is 1.43. The maximum absolute atomic E-state index is 11.4. The van der Waals surface area contributed by atoms with Crippen molar-refractivity contribution in [1.29, 1.82) is 0 Å². The van der Waals surface area contributed by atoms with Crippen LogP contribution in [0.25, 0.3) is 0 Å². The molecule has 1 heterocycles. The molecule has 0 radical (unpaired) electrons. The molecule has 0 fully saturated rings. The number of hydrogen-bond acceptors (Lipinski definition) is 2. The molecule has 1 aliphatic heterocycles. The van der Waals surface area contributed by atoms with E-state index in [0.29, 0.717) is 0 Å². The highest BCUT2D eigenvalue weighted by Gasteiger charge is 2.29. The highest BCUT2D eigenvalue weighted by molar-refractivity contribution is 6.03. The Balaban J connectivity index is 2.37. The molecule has 0 bridgehead atoms. The van der Waals surface area contributed by atoms with E-state index in [9.17, 15) is 4.79 Å². The molecule has 0 aromatic carbocycles. The molecule has 2 rings (SSSR count). The van der Waals surface area contributed by atoms with Gasteiger partial charge in [-0.3, -0.25) is 4.79 Å². The number of Topliss-reactive ketones (excluding diaryl/α,β-unsaturated/α-hetero) is 1. The van der Waals surface area contributed by atoms with Gasteiger partial charge in [-0.05, 0) is 13.0 Å². The number of carbonyl (C=O) groups excluding carboxylic acids is 1. The summed E-state index contributed by atoms with van der Waals surface area (Å²) in [6.45, 7) is 1.79. The molecule has 0 aromatic heterocycles. The number of carbonyl (C=O) groups is 1. The maximum Gasteiger partial charge on any atom is 0.206 e. The van der Waals surface area contributed by atoms with E-state index in [1.165, 1.54) is 0 Å². The minimum atomic E-state index is -0.286. The Bertz CT molecular complexity index is 308. The molecule has 62 valence electrons. The highest BCUT2D eigenvalue weighted by Crippen LogP contribution is 2.26. The van der Waals surface area contributed by atoms with E-state index in [2.05, 4.69) is 0 Å². The van der Waals surface area contributed by atoms with E-state index in [-0.39, 0.29) is 11.9 Å². The van der Waals surface area contributed by atoms with Gasteiger partial charge < -0.3 is 4.74 Å². The largest absolute Gasteiger partial charge is 0.486 e. The van der Waals surface area contributed by atoms with Crippen LogP contribution in [0.15, 0.2) is 35.6 Å². The van der Waals surface area contributed by atoms with Crippen LogP contribution < -0.4 is 0 Å². The Labute approximate surface area is 71.2 Å². The lowest BCUT2D eigenvalue weighted by Gasteiger charge is -2.03. The smallest absolute Gasteiger partial charge is 0.206 e. The summed E-state index contributed by atoms with van der Waals surface area (Å²) in [5, 5.41) is 0. The van der Waals surface area contributed by atoms with Gasteiger partial charge in [-0.2, -0.15) is 0 Å².